The molecule has 0 spiro atoms. The summed E-state index contributed by atoms with van der Waals surface area (Å²) in [6.45, 7) is 6.32. The number of pyridine rings is 1. The van der Waals surface area contributed by atoms with Gasteiger partial charge in [-0.15, -0.1) is 0 Å². The Kier molecular flexibility index (Phi) is 2.55. The van der Waals surface area contributed by atoms with Gasteiger partial charge in [-0.25, -0.2) is 0 Å². The Morgan fingerprint density at radius 1 is 0.867 bits per heavy atom. The molecule has 0 aliphatic carbocycles. The summed E-state index contributed by atoms with van der Waals surface area (Å²) in [5.41, 5.74) is 6.28. The molecule has 0 aliphatic heterocycles. The second-order valence-corrected chi connectivity index (χ2v) is 4.07. The summed E-state index contributed by atoms with van der Waals surface area (Å²) in [5.74, 6) is 0. The van der Waals surface area contributed by atoms with Crippen molar-refractivity contribution < 1.29 is 0 Å². The highest BCUT2D eigenvalue weighted by atomic mass is 14.6. The monoisotopic (exact) mass is 197 g/mol. The van der Waals surface area contributed by atoms with Crippen LogP contribution in [-0.2, 0) is 0 Å². The summed E-state index contributed by atoms with van der Waals surface area (Å²) >= 11 is 0. The number of aromatic nitrogens is 1. The predicted octanol–water partition coefficient (Wildman–Crippen LogP) is 3.67. The van der Waals surface area contributed by atoms with E-state index in [9.17, 15) is 0 Å². The van der Waals surface area contributed by atoms with Crippen molar-refractivity contribution in [2.45, 2.75) is 20.8 Å². The SMILES string of the molecule is Cc1cncc(-c2cc(C)ccc2C)c1. The first kappa shape index (κ1) is 9.91. The molecular weight excluding hydrogens is 182 g/mol. The molecular formula is C14H15N. The number of nitrogens with zero attached hydrogens (tertiary/aromatic N) is 1. The van der Waals surface area contributed by atoms with E-state index in [1.165, 1.54) is 27.8 Å². The lowest BCUT2D eigenvalue weighted by Gasteiger charge is -2.07. The van der Waals surface area contributed by atoms with Gasteiger partial charge in [0.05, 0.1) is 0 Å². The molecule has 0 aliphatic rings. The first-order chi connectivity index (χ1) is 7.16. The lowest BCUT2D eigenvalue weighted by atomic mass is 9.99. The van der Waals surface area contributed by atoms with Crippen LogP contribution in [0.15, 0.2) is 36.7 Å². The van der Waals surface area contributed by atoms with E-state index in [0.29, 0.717) is 0 Å². The van der Waals surface area contributed by atoms with Crippen molar-refractivity contribution in [3.63, 3.8) is 0 Å². The first-order valence-corrected chi connectivity index (χ1v) is 5.16. The second-order valence-electron chi connectivity index (χ2n) is 4.07. The van der Waals surface area contributed by atoms with Crippen LogP contribution < -0.4 is 0 Å². The quantitative estimate of drug-likeness (QED) is 0.679. The Hall–Kier alpha value is -1.63. The van der Waals surface area contributed by atoms with E-state index in [2.05, 4.69) is 50.0 Å². The van der Waals surface area contributed by atoms with E-state index in [-0.39, 0.29) is 0 Å². The Morgan fingerprint density at radius 3 is 2.40 bits per heavy atom. The minimum Gasteiger partial charge on any atom is -0.264 e. The Balaban J connectivity index is 2.58. The van der Waals surface area contributed by atoms with E-state index >= 15 is 0 Å². The third-order valence-electron chi connectivity index (χ3n) is 2.58. The van der Waals surface area contributed by atoms with Gasteiger partial charge in [0.25, 0.3) is 0 Å². The van der Waals surface area contributed by atoms with Crippen LogP contribution in [0, 0.1) is 20.8 Å². The molecule has 0 N–H and O–H groups in total. The molecule has 15 heavy (non-hydrogen) atoms. The van der Waals surface area contributed by atoms with Crippen molar-refractivity contribution >= 4 is 0 Å². The maximum Gasteiger partial charge on any atom is 0.0346 e. The maximum atomic E-state index is 4.23. The second kappa shape index (κ2) is 3.85. The summed E-state index contributed by atoms with van der Waals surface area (Å²) in [4.78, 5) is 4.23. The van der Waals surface area contributed by atoms with E-state index < -0.39 is 0 Å². The van der Waals surface area contributed by atoms with Crippen molar-refractivity contribution in [3.8, 4) is 11.1 Å². The summed E-state index contributed by atoms with van der Waals surface area (Å²) in [5, 5.41) is 0. The van der Waals surface area contributed by atoms with Crippen LogP contribution in [0.25, 0.3) is 11.1 Å². The molecule has 0 amide bonds. The van der Waals surface area contributed by atoms with Gasteiger partial charge in [-0.2, -0.15) is 0 Å². The predicted molar refractivity (Wildman–Crippen MR) is 63.9 cm³/mol. The van der Waals surface area contributed by atoms with Gasteiger partial charge < -0.3 is 0 Å². The molecule has 0 fully saturated rings. The highest BCUT2D eigenvalue weighted by molar-refractivity contribution is 5.67. The van der Waals surface area contributed by atoms with Gasteiger partial charge in [0.15, 0.2) is 0 Å². The number of hydrogen-bond donors (Lipinski definition) is 0. The van der Waals surface area contributed by atoms with Crippen LogP contribution in [-0.4, -0.2) is 4.98 Å². The van der Waals surface area contributed by atoms with Crippen LogP contribution in [0.1, 0.15) is 16.7 Å². The molecule has 2 aromatic rings. The zero-order valence-electron chi connectivity index (χ0n) is 9.41. The van der Waals surface area contributed by atoms with Gasteiger partial charge in [-0.1, -0.05) is 23.8 Å². The van der Waals surface area contributed by atoms with Gasteiger partial charge in [0.1, 0.15) is 0 Å². The number of aryl methyl sites for hydroxylation is 3. The summed E-state index contributed by atoms with van der Waals surface area (Å²) in [6.07, 6.45) is 3.81. The third-order valence-corrected chi connectivity index (χ3v) is 2.58. The van der Waals surface area contributed by atoms with Gasteiger partial charge in [-0.05, 0) is 43.5 Å². The van der Waals surface area contributed by atoms with E-state index in [1.807, 2.05) is 12.4 Å². The van der Waals surface area contributed by atoms with E-state index in [1.54, 1.807) is 0 Å². The third kappa shape index (κ3) is 2.07. The standard InChI is InChI=1S/C14H15N/c1-10-4-5-12(3)14(7-10)13-6-11(2)8-15-9-13/h4-9H,1-3H3. The van der Waals surface area contributed by atoms with Crippen LogP contribution in [0.3, 0.4) is 0 Å². The summed E-state index contributed by atoms with van der Waals surface area (Å²) in [6, 6.07) is 8.69. The molecule has 76 valence electrons. The zero-order valence-corrected chi connectivity index (χ0v) is 9.41. The molecule has 1 aromatic carbocycles. The van der Waals surface area contributed by atoms with Crippen molar-refractivity contribution in [2.75, 3.05) is 0 Å². The summed E-state index contributed by atoms with van der Waals surface area (Å²) in [7, 11) is 0. The van der Waals surface area contributed by atoms with Crippen molar-refractivity contribution in [1.29, 1.82) is 0 Å². The minimum atomic E-state index is 1.20. The minimum absolute atomic E-state index is 1.20. The van der Waals surface area contributed by atoms with Crippen molar-refractivity contribution in [1.82, 2.24) is 4.98 Å². The largest absolute Gasteiger partial charge is 0.264 e. The fourth-order valence-electron chi connectivity index (χ4n) is 1.75. The molecule has 2 rings (SSSR count). The van der Waals surface area contributed by atoms with Gasteiger partial charge in [0, 0.05) is 18.0 Å². The van der Waals surface area contributed by atoms with Gasteiger partial charge in [-0.3, -0.25) is 4.98 Å². The molecule has 0 saturated carbocycles. The van der Waals surface area contributed by atoms with Gasteiger partial charge in [0.2, 0.25) is 0 Å². The lowest BCUT2D eigenvalue weighted by molar-refractivity contribution is 1.26. The average Bonchev–Trinajstić information content (AvgIpc) is 2.22. The van der Waals surface area contributed by atoms with Crippen molar-refractivity contribution in [3.05, 3.63) is 53.3 Å². The Morgan fingerprint density at radius 2 is 1.67 bits per heavy atom. The summed E-state index contributed by atoms with van der Waals surface area (Å²) < 4.78 is 0. The normalized spacial score (nSPS) is 10.3. The topological polar surface area (TPSA) is 12.9 Å². The highest BCUT2D eigenvalue weighted by Crippen LogP contribution is 2.24. The Bertz CT molecular complexity index is 486. The van der Waals surface area contributed by atoms with Crippen molar-refractivity contribution in [2.24, 2.45) is 0 Å². The highest BCUT2D eigenvalue weighted by Gasteiger charge is 2.02. The first-order valence-electron chi connectivity index (χ1n) is 5.16. The average molecular weight is 197 g/mol. The van der Waals surface area contributed by atoms with Crippen LogP contribution in [0.2, 0.25) is 0 Å². The molecule has 0 saturated heterocycles. The van der Waals surface area contributed by atoms with Crippen LogP contribution in [0.4, 0.5) is 0 Å². The smallest absolute Gasteiger partial charge is 0.0346 e. The molecule has 0 bridgehead atoms. The molecule has 1 aromatic heterocycles. The molecule has 0 unspecified atom stereocenters. The number of benzene rings is 1. The van der Waals surface area contributed by atoms with Crippen LogP contribution in [0.5, 0.6) is 0 Å². The number of rotatable bonds is 1. The lowest BCUT2D eigenvalue weighted by Crippen LogP contribution is -1.87. The van der Waals surface area contributed by atoms with E-state index in [4.69, 9.17) is 0 Å². The van der Waals surface area contributed by atoms with Gasteiger partial charge >= 0.3 is 0 Å². The van der Waals surface area contributed by atoms with Crippen LogP contribution >= 0.6 is 0 Å². The fraction of sp³-hybridized carbons (Fsp3) is 0.214. The van der Waals surface area contributed by atoms with E-state index in [0.717, 1.165) is 0 Å². The molecule has 1 heteroatoms. The molecule has 1 nitrogen and oxygen atoms in total. The zero-order chi connectivity index (χ0) is 10.8. The number of hydrogen-bond acceptors (Lipinski definition) is 1. The maximum absolute atomic E-state index is 4.23. The molecule has 0 radical (unpaired) electrons. The Labute approximate surface area is 90.8 Å². The fourth-order valence-corrected chi connectivity index (χ4v) is 1.75. The molecule has 1 heterocycles. The molecule has 0 atom stereocenters.